The van der Waals surface area contributed by atoms with E-state index in [1.165, 1.54) is 38.5 Å². The van der Waals surface area contributed by atoms with Gasteiger partial charge in [-0.1, -0.05) is 37.8 Å². The molecule has 1 aliphatic rings. The van der Waals surface area contributed by atoms with Crippen LogP contribution < -0.4 is 5.32 Å². The maximum absolute atomic E-state index is 5.37. The second kappa shape index (κ2) is 6.88. The smallest absolute Gasteiger partial charge is 0.228 e. The van der Waals surface area contributed by atoms with Gasteiger partial charge in [0.2, 0.25) is 5.89 Å². The fourth-order valence-electron chi connectivity index (χ4n) is 2.74. The normalized spacial score (nSPS) is 19.7. The molecule has 2 rings (SSSR count). The third kappa shape index (κ3) is 3.80. The summed E-state index contributed by atoms with van der Waals surface area (Å²) in [6.07, 6.45) is 8.61. The molecule has 1 atom stereocenters. The number of likely N-dealkylation sites (N-methyl/N-ethyl adjacent to an activating group) is 1. The molecule has 1 fully saturated rings. The first-order valence-electron chi connectivity index (χ1n) is 7.35. The van der Waals surface area contributed by atoms with E-state index < -0.39 is 0 Å². The van der Waals surface area contributed by atoms with Gasteiger partial charge in [0.1, 0.15) is 0 Å². The molecule has 4 nitrogen and oxygen atoms in total. The summed E-state index contributed by atoms with van der Waals surface area (Å²) >= 11 is 0. The van der Waals surface area contributed by atoms with Gasteiger partial charge in [0, 0.05) is 18.4 Å². The van der Waals surface area contributed by atoms with Crippen LogP contribution in [0.25, 0.3) is 0 Å². The molecule has 0 spiro atoms. The number of aromatic nitrogens is 2. The molecule has 0 aromatic carbocycles. The highest BCUT2D eigenvalue weighted by Gasteiger charge is 2.20. The zero-order chi connectivity index (χ0) is 12.8. The minimum absolute atomic E-state index is 0.400. The van der Waals surface area contributed by atoms with Gasteiger partial charge in [-0.15, -0.1) is 0 Å². The molecule has 1 saturated carbocycles. The van der Waals surface area contributed by atoms with Gasteiger partial charge in [-0.3, -0.25) is 0 Å². The Morgan fingerprint density at radius 2 is 2.00 bits per heavy atom. The highest BCUT2D eigenvalue weighted by molar-refractivity contribution is 4.97. The third-order valence-electron chi connectivity index (χ3n) is 3.74. The highest BCUT2D eigenvalue weighted by atomic mass is 16.5. The van der Waals surface area contributed by atoms with E-state index in [4.69, 9.17) is 4.52 Å². The van der Waals surface area contributed by atoms with E-state index in [0.717, 1.165) is 24.7 Å². The Kier molecular flexibility index (Phi) is 5.17. The van der Waals surface area contributed by atoms with Crippen molar-refractivity contribution in [3.05, 3.63) is 11.7 Å². The molecule has 18 heavy (non-hydrogen) atoms. The summed E-state index contributed by atoms with van der Waals surface area (Å²) in [6, 6.07) is 0.400. The minimum atomic E-state index is 0.400. The average Bonchev–Trinajstić information content (AvgIpc) is 2.64. The van der Waals surface area contributed by atoms with Gasteiger partial charge >= 0.3 is 0 Å². The van der Waals surface area contributed by atoms with Gasteiger partial charge in [0.25, 0.3) is 0 Å². The monoisotopic (exact) mass is 251 g/mol. The quantitative estimate of drug-likeness (QED) is 0.817. The van der Waals surface area contributed by atoms with Crippen LogP contribution >= 0.6 is 0 Å². The van der Waals surface area contributed by atoms with Crippen molar-refractivity contribution < 1.29 is 4.52 Å². The summed E-state index contributed by atoms with van der Waals surface area (Å²) in [5, 5.41) is 7.55. The SMILES string of the molecule is CCNC(C)Cc1nc(C2CCCCCC2)no1. The van der Waals surface area contributed by atoms with Gasteiger partial charge in [-0.25, -0.2) is 0 Å². The number of hydrogen-bond donors (Lipinski definition) is 1. The molecule has 0 amide bonds. The van der Waals surface area contributed by atoms with Crippen LogP contribution in [0.5, 0.6) is 0 Å². The van der Waals surface area contributed by atoms with Crippen molar-refractivity contribution in [3.8, 4) is 0 Å². The van der Waals surface area contributed by atoms with Crippen molar-refractivity contribution in [2.24, 2.45) is 0 Å². The number of rotatable bonds is 5. The van der Waals surface area contributed by atoms with Crippen molar-refractivity contribution in [2.75, 3.05) is 6.54 Å². The first-order chi connectivity index (χ1) is 8.79. The molecular formula is C14H25N3O. The molecule has 0 radical (unpaired) electrons. The maximum atomic E-state index is 5.37. The highest BCUT2D eigenvalue weighted by Crippen LogP contribution is 2.29. The van der Waals surface area contributed by atoms with Gasteiger partial charge in [0.15, 0.2) is 5.82 Å². The lowest BCUT2D eigenvalue weighted by molar-refractivity contribution is 0.354. The summed E-state index contributed by atoms with van der Waals surface area (Å²) in [4.78, 5) is 4.58. The van der Waals surface area contributed by atoms with Crippen molar-refractivity contribution in [1.29, 1.82) is 0 Å². The lowest BCUT2D eigenvalue weighted by atomic mass is 10.00. The minimum Gasteiger partial charge on any atom is -0.339 e. The fourth-order valence-corrected chi connectivity index (χ4v) is 2.74. The topological polar surface area (TPSA) is 51.0 Å². The Morgan fingerprint density at radius 3 is 2.67 bits per heavy atom. The van der Waals surface area contributed by atoms with E-state index in [-0.39, 0.29) is 0 Å². The molecule has 0 bridgehead atoms. The van der Waals surface area contributed by atoms with E-state index in [1.54, 1.807) is 0 Å². The Balaban J connectivity index is 1.92. The fraction of sp³-hybridized carbons (Fsp3) is 0.857. The Morgan fingerprint density at radius 1 is 1.28 bits per heavy atom. The predicted octanol–water partition coefficient (Wildman–Crippen LogP) is 3.05. The van der Waals surface area contributed by atoms with Crippen LogP contribution in [0.4, 0.5) is 0 Å². The molecule has 1 aliphatic carbocycles. The van der Waals surface area contributed by atoms with Crippen LogP contribution in [0.1, 0.15) is 70.0 Å². The van der Waals surface area contributed by atoms with E-state index in [2.05, 4.69) is 29.3 Å². The number of hydrogen-bond acceptors (Lipinski definition) is 4. The van der Waals surface area contributed by atoms with E-state index in [0.29, 0.717) is 12.0 Å². The van der Waals surface area contributed by atoms with E-state index in [9.17, 15) is 0 Å². The van der Waals surface area contributed by atoms with Crippen LogP contribution in [0.2, 0.25) is 0 Å². The van der Waals surface area contributed by atoms with Crippen molar-refractivity contribution in [3.63, 3.8) is 0 Å². The molecule has 1 aromatic rings. The molecule has 1 heterocycles. The van der Waals surface area contributed by atoms with Crippen LogP contribution in [-0.4, -0.2) is 22.7 Å². The van der Waals surface area contributed by atoms with Gasteiger partial charge in [-0.2, -0.15) is 4.98 Å². The largest absolute Gasteiger partial charge is 0.339 e. The summed E-state index contributed by atoms with van der Waals surface area (Å²) in [5.74, 6) is 2.25. The molecule has 4 heteroatoms. The van der Waals surface area contributed by atoms with Gasteiger partial charge in [-0.05, 0) is 26.3 Å². The summed E-state index contributed by atoms with van der Waals surface area (Å²) < 4.78 is 5.37. The average molecular weight is 251 g/mol. The summed E-state index contributed by atoms with van der Waals surface area (Å²) in [6.45, 7) is 5.24. The lowest BCUT2D eigenvalue weighted by Gasteiger charge is -2.09. The Hall–Kier alpha value is -0.900. The van der Waals surface area contributed by atoms with Crippen LogP contribution in [0.3, 0.4) is 0 Å². The van der Waals surface area contributed by atoms with Crippen LogP contribution in [0.15, 0.2) is 4.52 Å². The standard InChI is InChI=1S/C14H25N3O/c1-3-15-11(2)10-13-16-14(17-18-13)12-8-6-4-5-7-9-12/h11-12,15H,3-10H2,1-2H3. The van der Waals surface area contributed by atoms with Crippen molar-refractivity contribution in [1.82, 2.24) is 15.5 Å². The Labute approximate surface area is 110 Å². The van der Waals surface area contributed by atoms with Gasteiger partial charge in [0.05, 0.1) is 0 Å². The Bertz CT molecular complexity index is 343. The second-order valence-electron chi connectivity index (χ2n) is 5.40. The molecule has 102 valence electrons. The maximum Gasteiger partial charge on any atom is 0.228 e. The summed E-state index contributed by atoms with van der Waals surface area (Å²) in [7, 11) is 0. The first kappa shape index (κ1) is 13.5. The summed E-state index contributed by atoms with van der Waals surface area (Å²) in [5.41, 5.74) is 0. The second-order valence-corrected chi connectivity index (χ2v) is 5.40. The van der Waals surface area contributed by atoms with Crippen LogP contribution in [-0.2, 0) is 6.42 Å². The third-order valence-corrected chi connectivity index (χ3v) is 3.74. The molecule has 0 saturated heterocycles. The number of nitrogens with one attached hydrogen (secondary N) is 1. The zero-order valence-corrected chi connectivity index (χ0v) is 11.6. The molecule has 0 aliphatic heterocycles. The molecule has 1 aromatic heterocycles. The molecule has 1 unspecified atom stereocenters. The lowest BCUT2D eigenvalue weighted by Crippen LogP contribution is -2.27. The van der Waals surface area contributed by atoms with Crippen molar-refractivity contribution >= 4 is 0 Å². The first-order valence-corrected chi connectivity index (χ1v) is 7.35. The zero-order valence-electron chi connectivity index (χ0n) is 11.6. The molecule has 1 N–H and O–H groups in total. The number of nitrogens with zero attached hydrogens (tertiary/aromatic N) is 2. The predicted molar refractivity (Wildman–Crippen MR) is 71.6 cm³/mol. The molecular weight excluding hydrogens is 226 g/mol. The van der Waals surface area contributed by atoms with Crippen molar-refractivity contribution in [2.45, 2.75) is 70.8 Å². The van der Waals surface area contributed by atoms with Gasteiger partial charge < -0.3 is 9.84 Å². The van der Waals surface area contributed by atoms with E-state index in [1.807, 2.05) is 0 Å². The van der Waals surface area contributed by atoms with E-state index >= 15 is 0 Å². The van der Waals surface area contributed by atoms with Crippen LogP contribution in [0, 0.1) is 0 Å².